The monoisotopic (exact) mass is 483 g/mol. The Labute approximate surface area is 195 Å². The van der Waals surface area contributed by atoms with Gasteiger partial charge in [0, 0.05) is 24.5 Å². The molecule has 3 amide bonds. The first-order valence-electron chi connectivity index (χ1n) is 10.2. The van der Waals surface area contributed by atoms with Gasteiger partial charge in [-0.25, -0.2) is 14.6 Å². The fourth-order valence-corrected chi connectivity index (χ4v) is 3.78. The second-order valence-corrected chi connectivity index (χ2v) is 9.24. The van der Waals surface area contributed by atoms with Crippen LogP contribution < -0.4 is 20.9 Å². The van der Waals surface area contributed by atoms with Gasteiger partial charge in [0.05, 0.1) is 6.61 Å². The van der Waals surface area contributed by atoms with Crippen LogP contribution in [0, 0.1) is 0 Å². The van der Waals surface area contributed by atoms with E-state index in [-0.39, 0.29) is 11.7 Å². The van der Waals surface area contributed by atoms with Crippen LogP contribution in [0.5, 0.6) is 0 Å². The standard InChI is InChI=1S/C20H29N5O7S/c1-11(17(29)30)21-15(27)13(9-26)23-16(28)14-10-33-18(24-14)25-7-5-12(6-8-25)22-19(31)32-20(2,3)4/h10,12-13,26H,1,5-9H2,2-4H3,(H,21,27)(H,22,31)(H,23,28)(H,29,30)/t13-/m0/s1. The summed E-state index contributed by atoms with van der Waals surface area (Å²) in [7, 11) is 0. The van der Waals surface area contributed by atoms with Crippen molar-refractivity contribution in [2.75, 3.05) is 24.6 Å². The molecule has 182 valence electrons. The van der Waals surface area contributed by atoms with Gasteiger partial charge in [-0.3, -0.25) is 9.59 Å². The Hall–Kier alpha value is -3.19. The first-order chi connectivity index (χ1) is 15.4. The van der Waals surface area contributed by atoms with Crippen LogP contribution in [0.2, 0.25) is 0 Å². The van der Waals surface area contributed by atoms with Gasteiger partial charge < -0.3 is 35.8 Å². The second kappa shape index (κ2) is 11.1. The van der Waals surface area contributed by atoms with Crippen LogP contribution in [0.25, 0.3) is 0 Å². The zero-order chi connectivity index (χ0) is 24.8. The minimum Gasteiger partial charge on any atom is -0.477 e. The molecule has 0 aliphatic carbocycles. The third-order valence-electron chi connectivity index (χ3n) is 4.55. The lowest BCUT2D eigenvalue weighted by atomic mass is 10.1. The van der Waals surface area contributed by atoms with Crippen molar-refractivity contribution in [3.8, 4) is 0 Å². The number of anilines is 1. The molecule has 1 fully saturated rings. The summed E-state index contributed by atoms with van der Waals surface area (Å²) in [6, 6.07) is -1.39. The van der Waals surface area contributed by atoms with Gasteiger partial charge in [-0.15, -0.1) is 11.3 Å². The van der Waals surface area contributed by atoms with E-state index in [9.17, 15) is 24.3 Å². The Balaban J connectivity index is 1.88. The van der Waals surface area contributed by atoms with E-state index in [1.165, 1.54) is 16.7 Å². The van der Waals surface area contributed by atoms with E-state index >= 15 is 0 Å². The number of carboxylic acid groups (broad SMARTS) is 1. The first-order valence-corrected chi connectivity index (χ1v) is 11.1. The molecule has 0 saturated carbocycles. The summed E-state index contributed by atoms with van der Waals surface area (Å²) in [5, 5.41) is 27.5. The molecule has 0 bridgehead atoms. The predicted octanol–water partition coefficient (Wildman–Crippen LogP) is 0.442. The van der Waals surface area contributed by atoms with E-state index in [0.29, 0.717) is 31.1 Å². The highest BCUT2D eigenvalue weighted by Crippen LogP contribution is 2.24. The van der Waals surface area contributed by atoms with Gasteiger partial charge in [0.25, 0.3) is 5.91 Å². The molecule has 1 aliphatic rings. The van der Waals surface area contributed by atoms with E-state index in [1.807, 2.05) is 10.2 Å². The molecule has 1 saturated heterocycles. The van der Waals surface area contributed by atoms with Gasteiger partial charge in [-0.2, -0.15) is 0 Å². The number of amides is 3. The molecule has 2 rings (SSSR count). The number of alkyl carbamates (subject to hydrolysis) is 1. The van der Waals surface area contributed by atoms with Crippen molar-refractivity contribution in [1.82, 2.24) is 20.9 Å². The predicted molar refractivity (Wildman–Crippen MR) is 120 cm³/mol. The number of carbonyl (C=O) groups is 4. The summed E-state index contributed by atoms with van der Waals surface area (Å²) in [5.41, 5.74) is -1.08. The molecule has 0 radical (unpaired) electrons. The van der Waals surface area contributed by atoms with Gasteiger partial charge in [0.15, 0.2) is 5.13 Å². The third-order valence-corrected chi connectivity index (χ3v) is 5.45. The third kappa shape index (κ3) is 8.02. The van der Waals surface area contributed by atoms with Crippen LogP contribution in [0.4, 0.5) is 9.93 Å². The maximum absolute atomic E-state index is 12.4. The highest BCUT2D eigenvalue weighted by Gasteiger charge is 2.27. The molecule has 1 atom stereocenters. The minimum absolute atomic E-state index is 0.0248. The molecule has 1 aromatic heterocycles. The number of aromatic nitrogens is 1. The van der Waals surface area contributed by atoms with Gasteiger partial charge in [0.2, 0.25) is 5.91 Å². The molecule has 2 heterocycles. The van der Waals surface area contributed by atoms with Gasteiger partial charge >= 0.3 is 12.1 Å². The first kappa shape index (κ1) is 26.1. The molecular formula is C20H29N5O7S. The normalized spacial score (nSPS) is 15.3. The molecule has 0 spiro atoms. The fourth-order valence-electron chi connectivity index (χ4n) is 2.92. The summed E-state index contributed by atoms with van der Waals surface area (Å²) >= 11 is 1.25. The molecule has 0 unspecified atom stereocenters. The van der Waals surface area contributed by atoms with Crippen LogP contribution in [-0.2, 0) is 14.3 Å². The van der Waals surface area contributed by atoms with Crippen molar-refractivity contribution >= 4 is 40.3 Å². The number of aliphatic carboxylic acids is 1. The van der Waals surface area contributed by atoms with Crippen molar-refractivity contribution < 1.29 is 34.1 Å². The van der Waals surface area contributed by atoms with Gasteiger partial charge in [0.1, 0.15) is 23.0 Å². The summed E-state index contributed by atoms with van der Waals surface area (Å²) in [4.78, 5) is 53.4. The van der Waals surface area contributed by atoms with Gasteiger partial charge in [-0.1, -0.05) is 6.58 Å². The number of hydrogen-bond donors (Lipinski definition) is 5. The van der Waals surface area contributed by atoms with Crippen molar-refractivity contribution in [2.45, 2.75) is 51.3 Å². The minimum atomic E-state index is -1.43. The van der Waals surface area contributed by atoms with Crippen molar-refractivity contribution in [3.05, 3.63) is 23.3 Å². The number of ether oxygens (including phenoxy) is 1. The fraction of sp³-hybridized carbons (Fsp3) is 0.550. The lowest BCUT2D eigenvalue weighted by molar-refractivity contribution is -0.135. The topological polar surface area (TPSA) is 170 Å². The van der Waals surface area contributed by atoms with Crippen LogP contribution in [0.1, 0.15) is 44.1 Å². The summed E-state index contributed by atoms with van der Waals surface area (Å²) < 4.78 is 5.27. The van der Waals surface area contributed by atoms with Crippen molar-refractivity contribution in [2.24, 2.45) is 0 Å². The Bertz CT molecular complexity index is 903. The molecule has 1 aliphatic heterocycles. The number of thiazole rings is 1. The number of rotatable bonds is 8. The number of nitrogens with one attached hydrogen (secondary N) is 3. The average molecular weight is 484 g/mol. The smallest absolute Gasteiger partial charge is 0.407 e. The Kier molecular flexibility index (Phi) is 8.76. The zero-order valence-corrected chi connectivity index (χ0v) is 19.5. The van der Waals surface area contributed by atoms with Crippen LogP contribution in [0.3, 0.4) is 0 Å². The van der Waals surface area contributed by atoms with Crippen molar-refractivity contribution in [3.63, 3.8) is 0 Å². The van der Waals surface area contributed by atoms with Crippen LogP contribution in [0.15, 0.2) is 17.7 Å². The lowest BCUT2D eigenvalue weighted by Gasteiger charge is -2.32. The summed E-state index contributed by atoms with van der Waals surface area (Å²) in [5.74, 6) is -3.03. The van der Waals surface area contributed by atoms with E-state index in [0.717, 1.165) is 0 Å². The molecule has 12 nitrogen and oxygen atoms in total. The molecule has 33 heavy (non-hydrogen) atoms. The zero-order valence-electron chi connectivity index (χ0n) is 18.7. The van der Waals surface area contributed by atoms with Gasteiger partial charge in [-0.05, 0) is 33.6 Å². The number of hydrogen-bond acceptors (Lipinski definition) is 9. The molecule has 1 aromatic rings. The van der Waals surface area contributed by atoms with Crippen LogP contribution in [-0.4, -0.2) is 76.5 Å². The SMILES string of the molecule is C=C(NC(=O)[C@H](CO)NC(=O)c1csc(N2CCC(NC(=O)OC(C)(C)C)CC2)n1)C(=O)O. The number of aliphatic hydroxyl groups excluding tert-OH is 1. The maximum atomic E-state index is 12.4. The number of carbonyl (C=O) groups excluding carboxylic acids is 3. The maximum Gasteiger partial charge on any atom is 0.407 e. The average Bonchev–Trinajstić information content (AvgIpc) is 3.21. The highest BCUT2D eigenvalue weighted by molar-refractivity contribution is 7.13. The Morgan fingerprint density at radius 3 is 2.48 bits per heavy atom. The number of aliphatic hydroxyl groups is 1. The molecule has 5 N–H and O–H groups in total. The van der Waals surface area contributed by atoms with Crippen molar-refractivity contribution in [1.29, 1.82) is 0 Å². The van der Waals surface area contributed by atoms with E-state index < -0.39 is 47.8 Å². The van der Waals surface area contributed by atoms with E-state index in [4.69, 9.17) is 9.84 Å². The van der Waals surface area contributed by atoms with Crippen LogP contribution >= 0.6 is 11.3 Å². The number of carboxylic acids is 1. The molecule has 0 aromatic carbocycles. The van der Waals surface area contributed by atoms with E-state index in [2.05, 4.69) is 22.2 Å². The van der Waals surface area contributed by atoms with E-state index in [1.54, 1.807) is 20.8 Å². The second-order valence-electron chi connectivity index (χ2n) is 8.40. The Morgan fingerprint density at radius 1 is 1.30 bits per heavy atom. The summed E-state index contributed by atoms with van der Waals surface area (Å²) in [6.45, 7) is 9.07. The lowest BCUT2D eigenvalue weighted by Crippen LogP contribution is -2.49. The Morgan fingerprint density at radius 2 is 1.94 bits per heavy atom. The molecule has 13 heteroatoms. The summed E-state index contributed by atoms with van der Waals surface area (Å²) in [6.07, 6.45) is 0.907. The quantitative estimate of drug-likeness (QED) is 0.329. The number of nitrogens with zero attached hydrogens (tertiary/aromatic N) is 2. The largest absolute Gasteiger partial charge is 0.477 e. The highest BCUT2D eigenvalue weighted by atomic mass is 32.1. The number of piperidine rings is 1. The molecular weight excluding hydrogens is 454 g/mol.